The summed E-state index contributed by atoms with van der Waals surface area (Å²) in [7, 11) is 0. The molecule has 18 heavy (non-hydrogen) atoms. The van der Waals surface area contributed by atoms with E-state index >= 15 is 0 Å². The van der Waals surface area contributed by atoms with E-state index in [1.165, 1.54) is 22.0 Å². The van der Waals surface area contributed by atoms with Crippen molar-refractivity contribution in [2.24, 2.45) is 5.73 Å². The molecule has 0 spiro atoms. The second-order valence-electron chi connectivity index (χ2n) is 3.98. The molecule has 0 amide bonds. The third kappa shape index (κ3) is 3.10. The van der Waals surface area contributed by atoms with E-state index in [0.29, 0.717) is 0 Å². The van der Waals surface area contributed by atoms with Gasteiger partial charge in [0, 0.05) is 17.4 Å². The highest BCUT2D eigenvalue weighted by Crippen LogP contribution is 2.34. The summed E-state index contributed by atoms with van der Waals surface area (Å²) in [6.07, 6.45) is 1.82. The van der Waals surface area contributed by atoms with E-state index in [9.17, 15) is 0 Å². The van der Waals surface area contributed by atoms with E-state index in [2.05, 4.69) is 35.3 Å². The van der Waals surface area contributed by atoms with Gasteiger partial charge < -0.3 is 5.73 Å². The first-order valence-corrected chi connectivity index (χ1v) is 7.68. The van der Waals surface area contributed by atoms with Crippen LogP contribution in [0.3, 0.4) is 0 Å². The molecule has 2 rings (SSSR count). The topological polar surface area (TPSA) is 51.8 Å². The lowest BCUT2D eigenvalue weighted by atomic mass is 10.1. The smallest absolute Gasteiger partial charge is 0.174 e. The van der Waals surface area contributed by atoms with Gasteiger partial charge in [-0.15, -0.1) is 0 Å². The molecular formula is C13H17N3S2. The molecular weight excluding hydrogens is 262 g/mol. The van der Waals surface area contributed by atoms with Crippen molar-refractivity contribution in [1.82, 2.24) is 9.36 Å². The zero-order valence-electron chi connectivity index (χ0n) is 10.6. The normalized spacial score (nSPS) is 12.6. The van der Waals surface area contributed by atoms with Gasteiger partial charge in [0.05, 0.1) is 0 Å². The average molecular weight is 279 g/mol. The fourth-order valence-electron chi connectivity index (χ4n) is 1.62. The van der Waals surface area contributed by atoms with Gasteiger partial charge in [0.25, 0.3) is 0 Å². The maximum absolute atomic E-state index is 6.13. The first-order valence-electron chi connectivity index (χ1n) is 6.09. The third-order valence-corrected chi connectivity index (χ3v) is 4.60. The van der Waals surface area contributed by atoms with E-state index in [1.807, 2.05) is 12.1 Å². The van der Waals surface area contributed by atoms with E-state index in [1.54, 1.807) is 11.8 Å². The second kappa shape index (κ2) is 6.31. The molecule has 5 heteroatoms. The summed E-state index contributed by atoms with van der Waals surface area (Å²) >= 11 is 3.12. The minimum Gasteiger partial charge on any atom is -0.324 e. The fraction of sp³-hybridized carbons (Fsp3) is 0.385. The van der Waals surface area contributed by atoms with Gasteiger partial charge in [-0.3, -0.25) is 0 Å². The number of aromatic nitrogens is 2. The van der Waals surface area contributed by atoms with Gasteiger partial charge in [0.15, 0.2) is 4.34 Å². The van der Waals surface area contributed by atoms with Gasteiger partial charge in [-0.05, 0) is 29.6 Å². The Morgan fingerprint density at radius 2 is 2.11 bits per heavy atom. The number of benzene rings is 1. The molecule has 1 aromatic heterocycles. The van der Waals surface area contributed by atoms with Crippen molar-refractivity contribution < 1.29 is 0 Å². The van der Waals surface area contributed by atoms with Crippen LogP contribution in [0.25, 0.3) is 0 Å². The van der Waals surface area contributed by atoms with E-state index in [0.717, 1.165) is 23.0 Å². The van der Waals surface area contributed by atoms with E-state index in [-0.39, 0.29) is 6.04 Å². The third-order valence-electron chi connectivity index (χ3n) is 2.72. The standard InChI is InChI=1S/C13H17N3S2/c1-3-10(14)9-7-5-6-8-11(9)17-13-15-12(4-2)16-18-13/h5-8,10H,3-4,14H2,1-2H3/t10-/m1/s1. The van der Waals surface area contributed by atoms with Crippen LogP contribution >= 0.6 is 23.3 Å². The Hall–Kier alpha value is -0.910. The molecule has 0 bridgehead atoms. The average Bonchev–Trinajstić information content (AvgIpc) is 2.86. The van der Waals surface area contributed by atoms with Crippen LogP contribution in [0.4, 0.5) is 0 Å². The van der Waals surface area contributed by atoms with Crippen LogP contribution in [0.2, 0.25) is 0 Å². The van der Waals surface area contributed by atoms with Gasteiger partial charge >= 0.3 is 0 Å². The summed E-state index contributed by atoms with van der Waals surface area (Å²) in [6, 6.07) is 8.36. The van der Waals surface area contributed by atoms with Crippen LogP contribution in [0.5, 0.6) is 0 Å². The van der Waals surface area contributed by atoms with Gasteiger partial charge in [-0.1, -0.05) is 43.8 Å². The summed E-state index contributed by atoms with van der Waals surface area (Å²) in [6.45, 7) is 4.17. The molecule has 0 unspecified atom stereocenters. The zero-order chi connectivity index (χ0) is 13.0. The molecule has 0 aliphatic carbocycles. The first-order chi connectivity index (χ1) is 8.74. The lowest BCUT2D eigenvalue weighted by Gasteiger charge is -2.13. The van der Waals surface area contributed by atoms with E-state index in [4.69, 9.17) is 5.73 Å². The minimum atomic E-state index is 0.0901. The fourth-order valence-corrected chi connectivity index (χ4v) is 3.47. The van der Waals surface area contributed by atoms with Crippen LogP contribution in [0.1, 0.15) is 37.7 Å². The summed E-state index contributed by atoms with van der Waals surface area (Å²) < 4.78 is 5.29. The highest BCUT2D eigenvalue weighted by atomic mass is 32.2. The van der Waals surface area contributed by atoms with Gasteiger partial charge in [0.1, 0.15) is 5.82 Å². The maximum Gasteiger partial charge on any atom is 0.174 e. The monoisotopic (exact) mass is 279 g/mol. The highest BCUT2D eigenvalue weighted by molar-refractivity contribution is 8.01. The molecule has 1 atom stereocenters. The molecule has 3 nitrogen and oxygen atoms in total. The van der Waals surface area contributed by atoms with Crippen molar-refractivity contribution >= 4 is 23.3 Å². The van der Waals surface area contributed by atoms with Gasteiger partial charge in [-0.25, -0.2) is 4.98 Å². The number of rotatable bonds is 5. The quantitative estimate of drug-likeness (QED) is 0.907. The van der Waals surface area contributed by atoms with Crippen LogP contribution in [-0.2, 0) is 6.42 Å². The first kappa shape index (κ1) is 13.5. The van der Waals surface area contributed by atoms with Gasteiger partial charge in [-0.2, -0.15) is 4.37 Å². The Balaban J connectivity index is 2.23. The Bertz CT molecular complexity index is 510. The van der Waals surface area contributed by atoms with Crippen LogP contribution < -0.4 is 5.73 Å². The molecule has 1 heterocycles. The molecule has 0 saturated carbocycles. The summed E-state index contributed by atoms with van der Waals surface area (Å²) in [5, 5.41) is 0. The van der Waals surface area contributed by atoms with Crippen LogP contribution in [0.15, 0.2) is 33.5 Å². The summed E-state index contributed by atoms with van der Waals surface area (Å²) in [5.41, 5.74) is 7.33. The molecule has 0 fully saturated rings. The Morgan fingerprint density at radius 3 is 2.78 bits per heavy atom. The highest BCUT2D eigenvalue weighted by Gasteiger charge is 2.12. The van der Waals surface area contributed by atoms with Crippen molar-refractivity contribution in [2.75, 3.05) is 0 Å². The second-order valence-corrected chi connectivity index (χ2v) is 6.03. The largest absolute Gasteiger partial charge is 0.324 e. The van der Waals surface area contributed by atoms with Crippen LogP contribution in [-0.4, -0.2) is 9.36 Å². The number of nitrogens with two attached hydrogens (primary N) is 1. The van der Waals surface area contributed by atoms with Crippen molar-refractivity contribution in [3.63, 3.8) is 0 Å². The molecule has 0 aliphatic rings. The van der Waals surface area contributed by atoms with Crippen molar-refractivity contribution in [3.8, 4) is 0 Å². The SMILES string of the molecule is CCc1nsc(Sc2ccccc2[C@H](N)CC)n1. The van der Waals surface area contributed by atoms with Gasteiger partial charge in [0.2, 0.25) is 0 Å². The number of aryl methyl sites for hydroxylation is 1. The summed E-state index contributed by atoms with van der Waals surface area (Å²) in [4.78, 5) is 5.67. The Morgan fingerprint density at radius 1 is 1.33 bits per heavy atom. The molecule has 96 valence electrons. The van der Waals surface area contributed by atoms with Crippen molar-refractivity contribution in [3.05, 3.63) is 35.7 Å². The molecule has 2 N–H and O–H groups in total. The molecule has 0 saturated heterocycles. The maximum atomic E-state index is 6.13. The Labute approximate surface area is 116 Å². The van der Waals surface area contributed by atoms with E-state index < -0.39 is 0 Å². The predicted octanol–water partition coefficient (Wildman–Crippen LogP) is 3.66. The Kier molecular flexibility index (Phi) is 4.74. The number of nitrogens with zero attached hydrogens (tertiary/aromatic N) is 2. The zero-order valence-corrected chi connectivity index (χ0v) is 12.2. The number of hydrogen-bond donors (Lipinski definition) is 1. The van der Waals surface area contributed by atoms with Crippen molar-refractivity contribution in [1.29, 1.82) is 0 Å². The number of hydrogen-bond acceptors (Lipinski definition) is 5. The molecule has 2 aromatic rings. The lowest BCUT2D eigenvalue weighted by molar-refractivity contribution is 0.685. The molecule has 0 aliphatic heterocycles. The minimum absolute atomic E-state index is 0.0901. The molecule has 1 aromatic carbocycles. The van der Waals surface area contributed by atoms with Crippen molar-refractivity contribution in [2.45, 2.75) is 42.0 Å². The van der Waals surface area contributed by atoms with Crippen LogP contribution in [0, 0.1) is 0 Å². The lowest BCUT2D eigenvalue weighted by Crippen LogP contribution is -2.09. The summed E-state index contributed by atoms with van der Waals surface area (Å²) in [5.74, 6) is 0.916. The predicted molar refractivity (Wildman–Crippen MR) is 77.1 cm³/mol. The molecule has 0 radical (unpaired) electrons.